The zero-order chi connectivity index (χ0) is 24.5. The second kappa shape index (κ2) is 9.81. The molecular formula is C27H32N6O3. The molecule has 1 fully saturated rings. The first kappa shape index (κ1) is 22.8. The molecule has 0 N–H and O–H groups in total. The van der Waals surface area contributed by atoms with Gasteiger partial charge in [-0.2, -0.15) is 4.52 Å². The van der Waals surface area contributed by atoms with Gasteiger partial charge in [0.15, 0.2) is 22.9 Å². The fraction of sp³-hybridized carbons (Fsp3) is 0.444. The number of ether oxygens (including phenoxy) is 2. The van der Waals surface area contributed by atoms with Crippen molar-refractivity contribution in [3.8, 4) is 23.1 Å². The van der Waals surface area contributed by atoms with E-state index in [1.807, 2.05) is 22.8 Å². The molecule has 6 rings (SSSR count). The Kier molecular flexibility index (Phi) is 6.23. The fourth-order valence-corrected chi connectivity index (χ4v) is 5.33. The lowest BCUT2D eigenvalue weighted by Gasteiger charge is -2.29. The lowest BCUT2D eigenvalue weighted by Crippen LogP contribution is -2.31. The number of fused-ring (bicyclic) bond motifs is 2. The van der Waals surface area contributed by atoms with Crippen LogP contribution in [0.25, 0.3) is 17.2 Å². The van der Waals surface area contributed by atoms with Crippen molar-refractivity contribution in [2.75, 3.05) is 38.8 Å². The molecule has 9 nitrogen and oxygen atoms in total. The van der Waals surface area contributed by atoms with E-state index in [1.54, 1.807) is 20.5 Å². The second-order valence-corrected chi connectivity index (χ2v) is 9.57. The van der Waals surface area contributed by atoms with Gasteiger partial charge in [-0.25, -0.2) is 9.97 Å². The molecule has 188 valence electrons. The molecule has 1 aromatic carbocycles. The van der Waals surface area contributed by atoms with Crippen LogP contribution >= 0.6 is 0 Å². The van der Waals surface area contributed by atoms with Crippen molar-refractivity contribution in [3.05, 3.63) is 53.4 Å². The van der Waals surface area contributed by atoms with E-state index >= 15 is 0 Å². The van der Waals surface area contributed by atoms with Gasteiger partial charge in [0, 0.05) is 44.5 Å². The van der Waals surface area contributed by atoms with Gasteiger partial charge < -0.3 is 18.8 Å². The van der Waals surface area contributed by atoms with Gasteiger partial charge in [0.25, 0.3) is 0 Å². The van der Waals surface area contributed by atoms with Gasteiger partial charge in [0.2, 0.25) is 11.8 Å². The second-order valence-electron chi connectivity index (χ2n) is 9.57. The molecule has 3 aromatic heterocycles. The molecule has 0 radical (unpaired) electrons. The van der Waals surface area contributed by atoms with Crippen LogP contribution in [0.2, 0.25) is 0 Å². The molecule has 1 saturated heterocycles. The Morgan fingerprint density at radius 3 is 2.47 bits per heavy atom. The van der Waals surface area contributed by atoms with Crippen LogP contribution in [-0.2, 0) is 19.5 Å². The molecule has 5 heterocycles. The first-order chi connectivity index (χ1) is 17.7. The monoisotopic (exact) mass is 488 g/mol. The number of nitrogens with zero attached hydrogens (tertiary/aromatic N) is 6. The van der Waals surface area contributed by atoms with Crippen molar-refractivity contribution in [2.45, 2.75) is 45.2 Å². The Hall–Kier alpha value is -3.59. The maximum absolute atomic E-state index is 5.62. The number of methoxy groups -OCH3 is 2. The topological polar surface area (TPSA) is 81.2 Å². The Morgan fingerprint density at radius 1 is 0.972 bits per heavy atom. The Labute approximate surface area is 210 Å². The minimum absolute atomic E-state index is 0.589. The predicted molar refractivity (Wildman–Crippen MR) is 137 cm³/mol. The number of aromatic nitrogens is 4. The largest absolute Gasteiger partial charge is 0.493 e. The zero-order valence-corrected chi connectivity index (χ0v) is 20.9. The molecule has 4 aromatic rings. The van der Waals surface area contributed by atoms with Crippen molar-refractivity contribution >= 4 is 11.6 Å². The molecule has 0 amide bonds. The molecule has 9 heteroatoms. The van der Waals surface area contributed by atoms with E-state index < -0.39 is 0 Å². The highest BCUT2D eigenvalue weighted by molar-refractivity contribution is 5.58. The molecule has 0 saturated carbocycles. The maximum atomic E-state index is 5.62. The lowest BCUT2D eigenvalue weighted by atomic mass is 9.98. The Bertz CT molecular complexity index is 1340. The summed E-state index contributed by atoms with van der Waals surface area (Å²) < 4.78 is 18.6. The summed E-state index contributed by atoms with van der Waals surface area (Å²) in [4.78, 5) is 14.6. The summed E-state index contributed by atoms with van der Waals surface area (Å²) in [6.07, 6.45) is 9.47. The fourth-order valence-electron chi connectivity index (χ4n) is 5.33. The van der Waals surface area contributed by atoms with E-state index in [0.717, 1.165) is 67.8 Å². The number of furan rings is 1. The zero-order valence-electron chi connectivity index (χ0n) is 20.9. The number of anilines is 1. The normalized spacial score (nSPS) is 16.7. The van der Waals surface area contributed by atoms with E-state index in [9.17, 15) is 0 Å². The van der Waals surface area contributed by atoms with E-state index in [-0.39, 0.29) is 0 Å². The average molecular weight is 489 g/mol. The molecule has 0 unspecified atom stereocenters. The number of rotatable bonds is 6. The average Bonchev–Trinajstić information content (AvgIpc) is 3.53. The van der Waals surface area contributed by atoms with Gasteiger partial charge in [0.05, 0.1) is 20.5 Å². The van der Waals surface area contributed by atoms with Gasteiger partial charge in [-0.05, 0) is 54.7 Å². The highest BCUT2D eigenvalue weighted by Crippen LogP contribution is 2.34. The summed E-state index contributed by atoms with van der Waals surface area (Å²) in [6, 6.07) is 7.97. The van der Waals surface area contributed by atoms with Crippen LogP contribution in [0.5, 0.6) is 11.5 Å². The molecule has 2 aliphatic rings. The number of hydrogen-bond donors (Lipinski definition) is 0. The van der Waals surface area contributed by atoms with Crippen molar-refractivity contribution in [1.82, 2.24) is 24.5 Å². The van der Waals surface area contributed by atoms with Crippen molar-refractivity contribution in [1.29, 1.82) is 0 Å². The third-order valence-electron chi connectivity index (χ3n) is 7.24. The summed E-state index contributed by atoms with van der Waals surface area (Å²) in [5.74, 6) is 3.67. The minimum Gasteiger partial charge on any atom is -0.493 e. The van der Waals surface area contributed by atoms with Crippen LogP contribution in [0.15, 0.2) is 41.1 Å². The highest BCUT2D eigenvalue weighted by atomic mass is 16.5. The minimum atomic E-state index is 0.589. The third kappa shape index (κ3) is 4.28. The quantitative estimate of drug-likeness (QED) is 0.397. The Morgan fingerprint density at radius 2 is 1.75 bits per heavy atom. The molecule has 0 atom stereocenters. The van der Waals surface area contributed by atoms with Crippen molar-refractivity contribution in [2.24, 2.45) is 0 Å². The van der Waals surface area contributed by atoms with Gasteiger partial charge in [-0.3, -0.25) is 4.90 Å². The lowest BCUT2D eigenvalue weighted by molar-refractivity contribution is 0.244. The molecule has 0 bridgehead atoms. The molecule has 0 spiro atoms. The third-order valence-corrected chi connectivity index (χ3v) is 7.24. The standard InChI is InChI=1S/C27H32N6O3/c1-34-23-14-19-9-12-31(17-20(19)15-24(23)35-2)18-21-16-28-27(32-10-5-3-4-6-11-32)33-26(21)29-25(30-33)22-8-7-13-36-22/h7-8,13-16H,3-6,9-12,17-18H2,1-2H3. The van der Waals surface area contributed by atoms with E-state index in [0.29, 0.717) is 11.6 Å². The van der Waals surface area contributed by atoms with Crippen LogP contribution < -0.4 is 14.4 Å². The highest BCUT2D eigenvalue weighted by Gasteiger charge is 2.24. The first-order valence-electron chi connectivity index (χ1n) is 12.7. The number of benzene rings is 1. The Balaban J connectivity index is 1.33. The predicted octanol–water partition coefficient (Wildman–Crippen LogP) is 4.34. The van der Waals surface area contributed by atoms with Gasteiger partial charge in [0.1, 0.15) is 0 Å². The van der Waals surface area contributed by atoms with Crippen LogP contribution in [0.1, 0.15) is 42.4 Å². The molecule has 0 aliphatic carbocycles. The molecule has 36 heavy (non-hydrogen) atoms. The first-order valence-corrected chi connectivity index (χ1v) is 12.7. The summed E-state index contributed by atoms with van der Waals surface area (Å²) in [7, 11) is 3.36. The SMILES string of the molecule is COc1cc2c(cc1OC)CN(Cc1cnc(N3CCCCCC3)n3nc(-c4ccco4)nc13)CC2. The van der Waals surface area contributed by atoms with E-state index in [1.165, 1.54) is 36.8 Å². The smallest absolute Gasteiger partial charge is 0.228 e. The van der Waals surface area contributed by atoms with E-state index in [2.05, 4.69) is 21.9 Å². The van der Waals surface area contributed by atoms with Crippen LogP contribution in [0.3, 0.4) is 0 Å². The molecule has 2 aliphatic heterocycles. The van der Waals surface area contributed by atoms with E-state index in [4.69, 9.17) is 29.0 Å². The van der Waals surface area contributed by atoms with Gasteiger partial charge in [-0.15, -0.1) is 5.10 Å². The summed E-state index contributed by atoms with van der Waals surface area (Å²) in [5.41, 5.74) is 4.48. The molecular weight excluding hydrogens is 456 g/mol. The summed E-state index contributed by atoms with van der Waals surface area (Å²) >= 11 is 0. The summed E-state index contributed by atoms with van der Waals surface area (Å²) in [6.45, 7) is 4.49. The number of hydrogen-bond acceptors (Lipinski definition) is 8. The van der Waals surface area contributed by atoms with Crippen LogP contribution in [0.4, 0.5) is 5.95 Å². The van der Waals surface area contributed by atoms with Crippen molar-refractivity contribution in [3.63, 3.8) is 0 Å². The maximum Gasteiger partial charge on any atom is 0.228 e. The summed E-state index contributed by atoms with van der Waals surface area (Å²) in [5, 5.41) is 4.85. The van der Waals surface area contributed by atoms with Gasteiger partial charge >= 0.3 is 0 Å². The van der Waals surface area contributed by atoms with Gasteiger partial charge in [-0.1, -0.05) is 12.8 Å². The van der Waals surface area contributed by atoms with Crippen LogP contribution in [0, 0.1) is 0 Å². The van der Waals surface area contributed by atoms with Crippen LogP contribution in [-0.4, -0.2) is 58.3 Å². The van der Waals surface area contributed by atoms with Crippen molar-refractivity contribution < 1.29 is 13.9 Å².